The molecular formula is C34H22N4. The van der Waals surface area contributed by atoms with Gasteiger partial charge < -0.3 is 9.97 Å². The summed E-state index contributed by atoms with van der Waals surface area (Å²) < 4.78 is 0. The van der Waals surface area contributed by atoms with Gasteiger partial charge in [-0.1, -0.05) is 66.6 Å². The van der Waals surface area contributed by atoms with Crippen molar-refractivity contribution in [1.82, 2.24) is 19.9 Å². The number of aromatic nitrogens is 4. The van der Waals surface area contributed by atoms with Gasteiger partial charge in [-0.3, -0.25) is 0 Å². The molecule has 0 amide bonds. The van der Waals surface area contributed by atoms with E-state index in [1.54, 1.807) is 0 Å². The van der Waals surface area contributed by atoms with Crippen LogP contribution in [0, 0.1) is 12.3 Å². The van der Waals surface area contributed by atoms with Crippen molar-refractivity contribution in [3.63, 3.8) is 0 Å². The summed E-state index contributed by atoms with van der Waals surface area (Å²) in [6.45, 7) is 0. The summed E-state index contributed by atoms with van der Waals surface area (Å²) in [5.74, 6) is 2.85. The summed E-state index contributed by atoms with van der Waals surface area (Å²) in [5.41, 5.74) is 12.1. The molecule has 2 aliphatic heterocycles. The fourth-order valence-electron chi connectivity index (χ4n) is 5.11. The van der Waals surface area contributed by atoms with Gasteiger partial charge in [-0.05, 0) is 65.8 Å². The fraction of sp³-hybridized carbons (Fsp3) is 0. The molecule has 2 N–H and O–H groups in total. The smallest absolute Gasteiger partial charge is 0.0815 e. The number of terminal acetylenes is 1. The lowest BCUT2D eigenvalue weighted by Gasteiger charge is -2.05. The van der Waals surface area contributed by atoms with E-state index in [1.807, 2.05) is 48.6 Å². The highest BCUT2D eigenvalue weighted by molar-refractivity contribution is 5.95. The first-order valence-electron chi connectivity index (χ1n) is 12.5. The third kappa shape index (κ3) is 3.75. The van der Waals surface area contributed by atoms with Gasteiger partial charge in [0.05, 0.1) is 33.9 Å². The van der Waals surface area contributed by atoms with E-state index < -0.39 is 0 Å². The molecule has 0 unspecified atom stereocenters. The molecule has 0 saturated carbocycles. The van der Waals surface area contributed by atoms with E-state index in [0.717, 1.165) is 72.7 Å². The van der Waals surface area contributed by atoms with Crippen LogP contribution in [0.1, 0.15) is 28.3 Å². The second-order valence-electron chi connectivity index (χ2n) is 9.23. The Morgan fingerprint density at radius 2 is 1.13 bits per heavy atom. The van der Waals surface area contributed by atoms with E-state index in [4.69, 9.17) is 16.4 Å². The second kappa shape index (κ2) is 8.92. The summed E-state index contributed by atoms with van der Waals surface area (Å²) in [7, 11) is 0. The van der Waals surface area contributed by atoms with Gasteiger partial charge in [-0.15, -0.1) is 6.42 Å². The normalized spacial score (nSPS) is 12.0. The van der Waals surface area contributed by atoms with Crippen molar-refractivity contribution in [3.05, 3.63) is 119 Å². The lowest BCUT2D eigenvalue weighted by atomic mass is 10.0. The number of nitrogens with one attached hydrogen (secondary N) is 2. The van der Waals surface area contributed by atoms with Crippen molar-refractivity contribution in [2.45, 2.75) is 0 Å². The summed E-state index contributed by atoms with van der Waals surface area (Å²) in [6, 6.07) is 31.0. The highest BCUT2D eigenvalue weighted by Crippen LogP contribution is 2.34. The number of hydrogen-bond donors (Lipinski definition) is 2. The highest BCUT2D eigenvalue weighted by atomic mass is 14.8. The zero-order valence-corrected chi connectivity index (χ0v) is 20.4. The predicted molar refractivity (Wildman–Crippen MR) is 158 cm³/mol. The van der Waals surface area contributed by atoms with Crippen LogP contribution >= 0.6 is 0 Å². The largest absolute Gasteiger partial charge is 0.355 e. The monoisotopic (exact) mass is 486 g/mol. The second-order valence-corrected chi connectivity index (χ2v) is 9.23. The van der Waals surface area contributed by atoms with Crippen LogP contribution in [0.25, 0.3) is 68.6 Å². The minimum Gasteiger partial charge on any atom is -0.355 e. The van der Waals surface area contributed by atoms with Crippen molar-refractivity contribution < 1.29 is 0 Å². The van der Waals surface area contributed by atoms with Crippen LogP contribution < -0.4 is 0 Å². The molecule has 2 aromatic carbocycles. The van der Waals surface area contributed by atoms with Crippen LogP contribution in [-0.2, 0) is 0 Å². The number of nitrogens with zero attached hydrogens (tertiary/aromatic N) is 2. The van der Waals surface area contributed by atoms with Crippen LogP contribution in [-0.4, -0.2) is 19.9 Å². The molecule has 4 heteroatoms. The van der Waals surface area contributed by atoms with Crippen LogP contribution in [0.3, 0.4) is 0 Å². The molecule has 0 radical (unpaired) electrons. The molecule has 0 fully saturated rings. The van der Waals surface area contributed by atoms with Crippen molar-refractivity contribution in [2.75, 3.05) is 0 Å². The number of H-pyrrole nitrogens is 2. The number of rotatable bonds is 2. The van der Waals surface area contributed by atoms with Crippen LogP contribution in [0.15, 0.2) is 91.0 Å². The maximum absolute atomic E-state index is 5.99. The third-order valence-corrected chi connectivity index (χ3v) is 6.85. The average Bonchev–Trinajstić information content (AvgIpc) is 3.77. The minimum absolute atomic E-state index is 0.721. The SMILES string of the molecule is C#Cc1c2nc(cc3ccc([nH]3)c(-c3ccccc3)c3nc(c(-c4ccccc4)c4ccc1[nH]4)C=C3)C=C2. The molecule has 0 atom stereocenters. The van der Waals surface area contributed by atoms with Crippen LogP contribution in [0.4, 0.5) is 0 Å². The lowest BCUT2D eigenvalue weighted by molar-refractivity contribution is 1.30. The van der Waals surface area contributed by atoms with Crippen molar-refractivity contribution in [1.29, 1.82) is 0 Å². The van der Waals surface area contributed by atoms with Crippen molar-refractivity contribution >= 4 is 46.4 Å². The van der Waals surface area contributed by atoms with E-state index in [1.165, 1.54) is 0 Å². The predicted octanol–water partition coefficient (Wildman–Crippen LogP) is 7.97. The molecule has 5 aromatic rings. The molecule has 4 nitrogen and oxygen atoms in total. The van der Waals surface area contributed by atoms with Gasteiger partial charge >= 0.3 is 0 Å². The molecular weight excluding hydrogens is 464 g/mol. The first kappa shape index (κ1) is 21.8. The van der Waals surface area contributed by atoms with Crippen LogP contribution in [0.2, 0.25) is 0 Å². The molecule has 38 heavy (non-hydrogen) atoms. The molecule has 3 aromatic heterocycles. The molecule has 8 bridgehead atoms. The van der Waals surface area contributed by atoms with Crippen molar-refractivity contribution in [2.24, 2.45) is 0 Å². The zero-order chi connectivity index (χ0) is 25.5. The molecule has 0 spiro atoms. The van der Waals surface area contributed by atoms with E-state index in [9.17, 15) is 0 Å². The summed E-state index contributed by atoms with van der Waals surface area (Å²) in [6.07, 6.45) is 14.1. The van der Waals surface area contributed by atoms with E-state index >= 15 is 0 Å². The molecule has 178 valence electrons. The van der Waals surface area contributed by atoms with E-state index in [0.29, 0.717) is 0 Å². The number of hydrogen-bond acceptors (Lipinski definition) is 2. The Bertz CT molecular complexity index is 1960. The van der Waals surface area contributed by atoms with Gasteiger partial charge in [0, 0.05) is 27.7 Å². The average molecular weight is 487 g/mol. The van der Waals surface area contributed by atoms with Gasteiger partial charge in [0.25, 0.3) is 0 Å². The Kier molecular flexibility index (Phi) is 5.13. The first-order chi connectivity index (χ1) is 18.8. The standard InChI is InChI=1S/C34H22N4/c1-2-26-27-15-13-24(35-27)21-25-14-16-29(36-25)33(22-9-5-3-6-10-22)31-19-20-32(38-31)34(23-11-7-4-8-12-23)30-18-17-28(26)37-30/h1,3-21,36-37H. The molecule has 7 rings (SSSR count). The van der Waals surface area contributed by atoms with Gasteiger partial charge in [0.1, 0.15) is 0 Å². The number of benzene rings is 2. The summed E-state index contributed by atoms with van der Waals surface area (Å²) in [5, 5.41) is 0. The van der Waals surface area contributed by atoms with Gasteiger partial charge in [-0.2, -0.15) is 0 Å². The molecule has 0 aliphatic carbocycles. The topological polar surface area (TPSA) is 57.4 Å². The maximum atomic E-state index is 5.99. The Labute approximate surface area is 220 Å². The maximum Gasteiger partial charge on any atom is 0.0815 e. The van der Waals surface area contributed by atoms with E-state index in [-0.39, 0.29) is 0 Å². The summed E-state index contributed by atoms with van der Waals surface area (Å²) in [4.78, 5) is 17.2. The first-order valence-corrected chi connectivity index (χ1v) is 12.5. The van der Waals surface area contributed by atoms with Crippen molar-refractivity contribution in [3.8, 4) is 34.6 Å². The third-order valence-electron chi connectivity index (χ3n) is 6.85. The molecule has 0 saturated heterocycles. The minimum atomic E-state index is 0.721. The Hall–Kier alpha value is -5.40. The molecule has 2 aliphatic rings. The summed E-state index contributed by atoms with van der Waals surface area (Å²) >= 11 is 0. The Balaban J connectivity index is 1.67. The number of fused-ring (bicyclic) bond motifs is 8. The number of aromatic amines is 2. The van der Waals surface area contributed by atoms with Gasteiger partial charge in [0.2, 0.25) is 0 Å². The Morgan fingerprint density at radius 3 is 1.79 bits per heavy atom. The zero-order valence-electron chi connectivity index (χ0n) is 20.4. The van der Waals surface area contributed by atoms with E-state index in [2.05, 4.69) is 82.6 Å². The fourth-order valence-corrected chi connectivity index (χ4v) is 5.11. The molecule has 5 heterocycles. The quantitative estimate of drug-likeness (QED) is 0.244. The highest BCUT2D eigenvalue weighted by Gasteiger charge is 2.15. The van der Waals surface area contributed by atoms with Crippen LogP contribution in [0.5, 0.6) is 0 Å². The van der Waals surface area contributed by atoms with Gasteiger partial charge in [0.15, 0.2) is 0 Å². The lowest BCUT2D eigenvalue weighted by Crippen LogP contribution is -1.88. The Morgan fingerprint density at radius 1 is 0.553 bits per heavy atom. The van der Waals surface area contributed by atoms with Gasteiger partial charge in [-0.25, -0.2) is 9.97 Å².